The van der Waals surface area contributed by atoms with E-state index in [1.807, 2.05) is 26.0 Å². The molecule has 0 unspecified atom stereocenters. The molecule has 12 heavy (non-hydrogen) atoms. The number of anilines is 1. The average molecular weight is 166 g/mol. The van der Waals surface area contributed by atoms with Gasteiger partial charge in [0, 0.05) is 18.1 Å². The first-order valence-corrected chi connectivity index (χ1v) is 3.93. The second-order valence-corrected chi connectivity index (χ2v) is 3.40. The van der Waals surface area contributed by atoms with E-state index in [0.29, 0.717) is 0 Å². The number of aliphatic hydroxyl groups is 1. The van der Waals surface area contributed by atoms with Crippen molar-refractivity contribution in [3.63, 3.8) is 0 Å². The van der Waals surface area contributed by atoms with Gasteiger partial charge in [0.1, 0.15) is 0 Å². The van der Waals surface area contributed by atoms with Gasteiger partial charge in [-0.2, -0.15) is 0 Å². The summed E-state index contributed by atoms with van der Waals surface area (Å²) in [4.78, 5) is 3.90. The second-order valence-electron chi connectivity index (χ2n) is 3.40. The predicted octanol–water partition coefficient (Wildman–Crippen LogP) is 1.26. The largest absolute Gasteiger partial charge is 0.394 e. The lowest BCUT2D eigenvalue weighted by atomic mass is 10.1. The number of nitrogens with zero attached hydrogens (tertiary/aromatic N) is 1. The first-order valence-electron chi connectivity index (χ1n) is 3.93. The van der Waals surface area contributed by atoms with Crippen LogP contribution in [0, 0.1) is 0 Å². The van der Waals surface area contributed by atoms with Gasteiger partial charge in [-0.05, 0) is 26.0 Å². The van der Waals surface area contributed by atoms with Crippen molar-refractivity contribution in [3.05, 3.63) is 24.5 Å². The molecule has 0 bridgehead atoms. The second kappa shape index (κ2) is 3.54. The number of pyridine rings is 1. The van der Waals surface area contributed by atoms with E-state index in [2.05, 4.69) is 10.3 Å². The number of nitrogens with one attached hydrogen (secondary N) is 1. The van der Waals surface area contributed by atoms with E-state index in [-0.39, 0.29) is 12.1 Å². The summed E-state index contributed by atoms with van der Waals surface area (Å²) in [6.45, 7) is 3.98. The van der Waals surface area contributed by atoms with Crippen molar-refractivity contribution >= 4 is 5.69 Å². The van der Waals surface area contributed by atoms with Crippen LogP contribution in [0.5, 0.6) is 0 Å². The normalized spacial score (nSPS) is 11.2. The molecule has 1 heterocycles. The van der Waals surface area contributed by atoms with Crippen LogP contribution >= 0.6 is 0 Å². The molecule has 0 aromatic carbocycles. The fourth-order valence-electron chi connectivity index (χ4n) is 0.866. The van der Waals surface area contributed by atoms with Gasteiger partial charge in [0.25, 0.3) is 0 Å². The Labute approximate surface area is 72.5 Å². The van der Waals surface area contributed by atoms with Gasteiger partial charge in [-0.25, -0.2) is 0 Å². The standard InChI is InChI=1S/C9H14N2O/c1-9(2,7-12)11-8-3-5-10-6-4-8/h3-6,12H,7H2,1-2H3,(H,10,11). The Kier molecular flexibility index (Phi) is 2.65. The third kappa shape index (κ3) is 2.51. The predicted molar refractivity (Wildman–Crippen MR) is 49.0 cm³/mol. The quantitative estimate of drug-likeness (QED) is 0.710. The maximum atomic E-state index is 8.98. The zero-order valence-electron chi connectivity index (χ0n) is 7.41. The first kappa shape index (κ1) is 9.00. The van der Waals surface area contributed by atoms with E-state index in [1.165, 1.54) is 0 Å². The van der Waals surface area contributed by atoms with Crippen LogP contribution in [0.3, 0.4) is 0 Å². The number of aliphatic hydroxyl groups excluding tert-OH is 1. The van der Waals surface area contributed by atoms with Crippen molar-refractivity contribution in [3.8, 4) is 0 Å². The molecule has 0 radical (unpaired) electrons. The van der Waals surface area contributed by atoms with Crippen LogP contribution in [-0.2, 0) is 0 Å². The molecule has 0 amide bonds. The summed E-state index contributed by atoms with van der Waals surface area (Å²) in [6, 6.07) is 3.74. The molecule has 66 valence electrons. The van der Waals surface area contributed by atoms with Gasteiger partial charge in [0.2, 0.25) is 0 Å². The Morgan fingerprint density at radius 3 is 2.50 bits per heavy atom. The Hall–Kier alpha value is -1.09. The fourth-order valence-corrected chi connectivity index (χ4v) is 0.866. The van der Waals surface area contributed by atoms with Crippen LogP contribution in [0.1, 0.15) is 13.8 Å². The van der Waals surface area contributed by atoms with Crippen molar-refractivity contribution in [2.75, 3.05) is 11.9 Å². The molecule has 1 aromatic heterocycles. The van der Waals surface area contributed by atoms with Gasteiger partial charge < -0.3 is 10.4 Å². The van der Waals surface area contributed by atoms with Crippen LogP contribution in [-0.4, -0.2) is 22.2 Å². The molecule has 0 aliphatic rings. The van der Waals surface area contributed by atoms with E-state index in [1.54, 1.807) is 12.4 Å². The zero-order valence-corrected chi connectivity index (χ0v) is 7.41. The molecule has 1 aromatic rings. The summed E-state index contributed by atoms with van der Waals surface area (Å²) in [5.74, 6) is 0. The molecule has 0 aliphatic heterocycles. The highest BCUT2D eigenvalue weighted by atomic mass is 16.3. The SMILES string of the molecule is CC(C)(CO)Nc1ccncc1. The monoisotopic (exact) mass is 166 g/mol. The van der Waals surface area contributed by atoms with E-state index < -0.39 is 0 Å². The molecule has 0 saturated heterocycles. The van der Waals surface area contributed by atoms with Crippen LogP contribution in [0.4, 0.5) is 5.69 Å². The average Bonchev–Trinajstić information content (AvgIpc) is 2.06. The molecule has 0 atom stereocenters. The van der Waals surface area contributed by atoms with Gasteiger partial charge in [-0.3, -0.25) is 4.98 Å². The molecule has 1 rings (SSSR count). The number of aromatic nitrogens is 1. The maximum Gasteiger partial charge on any atom is 0.0656 e. The van der Waals surface area contributed by atoms with E-state index in [0.717, 1.165) is 5.69 Å². The lowest BCUT2D eigenvalue weighted by molar-refractivity contribution is 0.234. The Morgan fingerprint density at radius 2 is 2.00 bits per heavy atom. The van der Waals surface area contributed by atoms with Gasteiger partial charge in [0.05, 0.1) is 12.1 Å². The molecule has 0 aliphatic carbocycles. The third-order valence-corrected chi connectivity index (χ3v) is 1.56. The first-order chi connectivity index (χ1) is 5.64. The van der Waals surface area contributed by atoms with Crippen LogP contribution in [0.25, 0.3) is 0 Å². The van der Waals surface area contributed by atoms with Crippen molar-refractivity contribution in [1.29, 1.82) is 0 Å². The number of hydrogen-bond donors (Lipinski definition) is 2. The summed E-state index contributed by atoms with van der Waals surface area (Å²) in [5.41, 5.74) is 0.700. The van der Waals surface area contributed by atoms with Crippen molar-refractivity contribution in [2.24, 2.45) is 0 Å². The van der Waals surface area contributed by atoms with Crippen LogP contribution < -0.4 is 5.32 Å². The molecule has 0 fully saturated rings. The highest BCUT2D eigenvalue weighted by Crippen LogP contribution is 2.12. The summed E-state index contributed by atoms with van der Waals surface area (Å²) >= 11 is 0. The molecular formula is C9H14N2O. The van der Waals surface area contributed by atoms with E-state index in [9.17, 15) is 0 Å². The minimum Gasteiger partial charge on any atom is -0.394 e. The molecule has 3 nitrogen and oxygen atoms in total. The number of rotatable bonds is 3. The lowest BCUT2D eigenvalue weighted by Crippen LogP contribution is -2.34. The van der Waals surface area contributed by atoms with Crippen molar-refractivity contribution in [2.45, 2.75) is 19.4 Å². The molecule has 0 spiro atoms. The van der Waals surface area contributed by atoms with Gasteiger partial charge >= 0.3 is 0 Å². The minimum atomic E-state index is -0.276. The van der Waals surface area contributed by atoms with Crippen molar-refractivity contribution < 1.29 is 5.11 Å². The highest BCUT2D eigenvalue weighted by Gasteiger charge is 2.14. The zero-order chi connectivity index (χ0) is 9.03. The Bertz CT molecular complexity index is 234. The third-order valence-electron chi connectivity index (χ3n) is 1.56. The van der Waals surface area contributed by atoms with Gasteiger partial charge in [-0.15, -0.1) is 0 Å². The van der Waals surface area contributed by atoms with E-state index >= 15 is 0 Å². The summed E-state index contributed by atoms with van der Waals surface area (Å²) < 4.78 is 0. The molecule has 0 saturated carbocycles. The number of hydrogen-bond acceptors (Lipinski definition) is 3. The van der Waals surface area contributed by atoms with E-state index in [4.69, 9.17) is 5.11 Å². The smallest absolute Gasteiger partial charge is 0.0656 e. The van der Waals surface area contributed by atoms with Gasteiger partial charge in [0.15, 0.2) is 0 Å². The molecule has 3 heteroatoms. The van der Waals surface area contributed by atoms with Crippen molar-refractivity contribution in [1.82, 2.24) is 4.98 Å². The minimum absolute atomic E-state index is 0.106. The fraction of sp³-hybridized carbons (Fsp3) is 0.444. The maximum absolute atomic E-state index is 8.98. The van der Waals surface area contributed by atoms with Crippen LogP contribution in [0.15, 0.2) is 24.5 Å². The Morgan fingerprint density at radius 1 is 1.42 bits per heavy atom. The summed E-state index contributed by atoms with van der Waals surface area (Å²) in [6.07, 6.45) is 3.44. The molecular weight excluding hydrogens is 152 g/mol. The summed E-state index contributed by atoms with van der Waals surface area (Å²) in [5, 5.41) is 12.2. The summed E-state index contributed by atoms with van der Waals surface area (Å²) in [7, 11) is 0. The molecule has 2 N–H and O–H groups in total. The van der Waals surface area contributed by atoms with Gasteiger partial charge in [-0.1, -0.05) is 0 Å². The Balaban J connectivity index is 2.64. The topological polar surface area (TPSA) is 45.1 Å². The highest BCUT2D eigenvalue weighted by molar-refractivity contribution is 5.43. The van der Waals surface area contributed by atoms with Crippen LogP contribution in [0.2, 0.25) is 0 Å². The lowest BCUT2D eigenvalue weighted by Gasteiger charge is -2.24.